The van der Waals surface area contributed by atoms with Crippen LogP contribution in [0.3, 0.4) is 0 Å². The van der Waals surface area contributed by atoms with Crippen LogP contribution in [-0.4, -0.2) is 52.3 Å². The number of likely N-dealkylation sites (tertiary alicyclic amines) is 1. The zero-order valence-electron chi connectivity index (χ0n) is 15.4. The molecule has 1 aliphatic heterocycles. The van der Waals surface area contributed by atoms with Crippen LogP contribution in [0.25, 0.3) is 17.1 Å². The van der Waals surface area contributed by atoms with Crippen LogP contribution in [-0.2, 0) is 0 Å². The molecule has 3 aromatic rings. The molecule has 4 rings (SSSR count). The molecule has 27 heavy (non-hydrogen) atoms. The van der Waals surface area contributed by atoms with Crippen molar-refractivity contribution in [1.29, 1.82) is 0 Å². The predicted molar refractivity (Wildman–Crippen MR) is 105 cm³/mol. The Bertz CT molecular complexity index is 850. The van der Waals surface area contributed by atoms with Crippen LogP contribution in [0.1, 0.15) is 17.0 Å². The molecule has 2 aromatic carbocycles. The van der Waals surface area contributed by atoms with Gasteiger partial charge in [-0.2, -0.15) is 0 Å². The van der Waals surface area contributed by atoms with Crippen LogP contribution in [0.2, 0.25) is 0 Å². The number of para-hydroxylation sites is 1. The number of nitrogens with zero attached hydrogens (tertiary/aromatic N) is 4. The van der Waals surface area contributed by atoms with Crippen LogP contribution in [0, 0.1) is 5.92 Å². The van der Waals surface area contributed by atoms with Crippen molar-refractivity contribution in [3.63, 3.8) is 0 Å². The zero-order chi connectivity index (χ0) is 18.6. The van der Waals surface area contributed by atoms with Gasteiger partial charge in [0.25, 0.3) is 5.91 Å². The number of carbonyl (C=O) groups is 1. The smallest absolute Gasteiger partial charge is 0.293 e. The maximum atomic E-state index is 13.0. The first kappa shape index (κ1) is 17.4. The first-order valence-electron chi connectivity index (χ1n) is 9.28. The van der Waals surface area contributed by atoms with Gasteiger partial charge in [0.05, 0.1) is 5.69 Å². The Morgan fingerprint density at radius 1 is 1.11 bits per heavy atom. The number of nitrogens with one attached hydrogen (secondary N) is 1. The summed E-state index contributed by atoms with van der Waals surface area (Å²) in [7, 11) is 1.94. The molecule has 138 valence electrons. The topological polar surface area (TPSA) is 63.1 Å². The van der Waals surface area contributed by atoms with Gasteiger partial charge in [0.2, 0.25) is 5.82 Å². The van der Waals surface area contributed by atoms with Crippen molar-refractivity contribution in [2.75, 3.05) is 26.7 Å². The van der Waals surface area contributed by atoms with E-state index in [1.54, 1.807) is 4.68 Å². The van der Waals surface area contributed by atoms with Gasteiger partial charge in [-0.1, -0.05) is 48.5 Å². The Balaban J connectivity index is 1.68. The van der Waals surface area contributed by atoms with E-state index < -0.39 is 0 Å². The molecule has 0 bridgehead atoms. The van der Waals surface area contributed by atoms with Crippen LogP contribution < -0.4 is 5.32 Å². The highest BCUT2D eigenvalue weighted by molar-refractivity contribution is 5.91. The molecular formula is C21H23N5O. The highest BCUT2D eigenvalue weighted by Gasteiger charge is 2.29. The highest BCUT2D eigenvalue weighted by atomic mass is 16.2. The number of hydrogen-bond acceptors (Lipinski definition) is 4. The van der Waals surface area contributed by atoms with Gasteiger partial charge in [-0.3, -0.25) is 4.79 Å². The van der Waals surface area contributed by atoms with Gasteiger partial charge in [-0.05, 0) is 38.1 Å². The summed E-state index contributed by atoms with van der Waals surface area (Å²) in [5, 5.41) is 7.76. The van der Waals surface area contributed by atoms with Crippen LogP contribution >= 0.6 is 0 Å². The zero-order valence-corrected chi connectivity index (χ0v) is 15.4. The summed E-state index contributed by atoms with van der Waals surface area (Å²) >= 11 is 0. The highest BCUT2D eigenvalue weighted by Crippen LogP contribution is 2.23. The van der Waals surface area contributed by atoms with Crippen molar-refractivity contribution in [2.24, 2.45) is 5.92 Å². The van der Waals surface area contributed by atoms with Crippen molar-refractivity contribution in [1.82, 2.24) is 25.0 Å². The van der Waals surface area contributed by atoms with E-state index in [1.165, 1.54) is 0 Å². The molecule has 1 atom stereocenters. The molecule has 0 saturated carbocycles. The summed E-state index contributed by atoms with van der Waals surface area (Å²) in [5.41, 5.74) is 1.82. The molecule has 1 unspecified atom stereocenters. The molecular weight excluding hydrogens is 338 g/mol. The minimum Gasteiger partial charge on any atom is -0.336 e. The van der Waals surface area contributed by atoms with Crippen LogP contribution in [0.4, 0.5) is 0 Å². The Morgan fingerprint density at radius 2 is 1.81 bits per heavy atom. The van der Waals surface area contributed by atoms with Crippen molar-refractivity contribution in [3.05, 3.63) is 66.5 Å². The summed E-state index contributed by atoms with van der Waals surface area (Å²) in [5.74, 6) is 1.32. The molecule has 1 fully saturated rings. The fraction of sp³-hybridized carbons (Fsp3) is 0.286. The Morgan fingerprint density at radius 3 is 2.52 bits per heavy atom. The number of amides is 1. The second kappa shape index (κ2) is 7.72. The lowest BCUT2D eigenvalue weighted by atomic mass is 10.1. The van der Waals surface area contributed by atoms with Gasteiger partial charge in [0, 0.05) is 18.7 Å². The maximum absolute atomic E-state index is 13.0. The van der Waals surface area contributed by atoms with Gasteiger partial charge < -0.3 is 10.2 Å². The molecule has 1 amide bonds. The largest absolute Gasteiger partial charge is 0.336 e. The molecule has 6 nitrogen and oxygen atoms in total. The van der Waals surface area contributed by atoms with Crippen molar-refractivity contribution >= 4 is 5.91 Å². The predicted octanol–water partition coefficient (Wildman–Crippen LogP) is 2.62. The monoisotopic (exact) mass is 361 g/mol. The third kappa shape index (κ3) is 3.61. The number of rotatable bonds is 5. The number of aromatic nitrogens is 3. The lowest BCUT2D eigenvalue weighted by Crippen LogP contribution is -2.31. The fourth-order valence-corrected chi connectivity index (χ4v) is 3.54. The number of benzene rings is 2. The average Bonchev–Trinajstić information content (AvgIpc) is 3.37. The lowest BCUT2D eigenvalue weighted by Gasteiger charge is -2.14. The normalized spacial score (nSPS) is 16.6. The van der Waals surface area contributed by atoms with E-state index >= 15 is 0 Å². The minimum absolute atomic E-state index is 0.0968. The standard InChI is InChI=1S/C21H23N5O/c1-22-14-16-12-13-25(15-16)21(27)19-23-20(17-8-4-2-5-9-17)26(24-19)18-10-6-3-7-11-18/h2-11,16,22H,12-15H2,1H3. The van der Waals surface area contributed by atoms with E-state index in [0.29, 0.717) is 11.7 Å². The summed E-state index contributed by atoms with van der Waals surface area (Å²) in [6.07, 6.45) is 1.01. The molecule has 0 spiro atoms. The van der Waals surface area contributed by atoms with Crippen molar-refractivity contribution in [2.45, 2.75) is 6.42 Å². The van der Waals surface area contributed by atoms with Crippen LogP contribution in [0.5, 0.6) is 0 Å². The maximum Gasteiger partial charge on any atom is 0.293 e. The van der Waals surface area contributed by atoms with Crippen molar-refractivity contribution < 1.29 is 4.79 Å². The summed E-state index contributed by atoms with van der Waals surface area (Å²) in [6.45, 7) is 2.43. The second-order valence-corrected chi connectivity index (χ2v) is 6.84. The van der Waals surface area contributed by atoms with E-state index in [9.17, 15) is 4.79 Å². The van der Waals surface area contributed by atoms with Crippen molar-refractivity contribution in [3.8, 4) is 17.1 Å². The first-order chi connectivity index (χ1) is 13.3. The Kier molecular flexibility index (Phi) is 4.98. The van der Waals surface area contributed by atoms with E-state index in [0.717, 1.165) is 37.3 Å². The van der Waals surface area contributed by atoms with Gasteiger partial charge in [0.1, 0.15) is 0 Å². The molecule has 1 saturated heterocycles. The molecule has 2 heterocycles. The fourth-order valence-electron chi connectivity index (χ4n) is 3.54. The second-order valence-electron chi connectivity index (χ2n) is 6.84. The molecule has 1 N–H and O–H groups in total. The summed E-state index contributed by atoms with van der Waals surface area (Å²) in [6, 6.07) is 19.7. The van der Waals surface area contributed by atoms with Gasteiger partial charge in [-0.15, -0.1) is 5.10 Å². The summed E-state index contributed by atoms with van der Waals surface area (Å²) < 4.78 is 1.75. The quantitative estimate of drug-likeness (QED) is 0.759. The van der Waals surface area contributed by atoms with Gasteiger partial charge in [0.15, 0.2) is 5.82 Å². The molecule has 1 aliphatic rings. The number of hydrogen-bond donors (Lipinski definition) is 1. The van der Waals surface area contributed by atoms with E-state index in [1.807, 2.05) is 72.6 Å². The number of carbonyl (C=O) groups excluding carboxylic acids is 1. The Labute approximate surface area is 158 Å². The molecule has 6 heteroatoms. The van der Waals surface area contributed by atoms with Crippen LogP contribution in [0.15, 0.2) is 60.7 Å². The summed E-state index contributed by atoms with van der Waals surface area (Å²) in [4.78, 5) is 19.5. The van der Waals surface area contributed by atoms with Gasteiger partial charge >= 0.3 is 0 Å². The Hall–Kier alpha value is -2.99. The minimum atomic E-state index is -0.0968. The molecule has 0 radical (unpaired) electrons. The molecule has 0 aliphatic carbocycles. The third-order valence-electron chi connectivity index (χ3n) is 4.90. The van der Waals surface area contributed by atoms with E-state index in [-0.39, 0.29) is 11.7 Å². The molecule has 1 aromatic heterocycles. The van der Waals surface area contributed by atoms with Gasteiger partial charge in [-0.25, -0.2) is 9.67 Å². The first-order valence-corrected chi connectivity index (χ1v) is 9.28. The average molecular weight is 361 g/mol. The van der Waals surface area contributed by atoms with E-state index in [4.69, 9.17) is 0 Å². The third-order valence-corrected chi connectivity index (χ3v) is 4.90. The SMILES string of the molecule is CNCC1CCN(C(=O)c2nc(-c3ccccc3)n(-c3ccccc3)n2)C1. The lowest BCUT2D eigenvalue weighted by molar-refractivity contribution is 0.0775. The van der Waals surface area contributed by atoms with E-state index in [2.05, 4.69) is 15.4 Å².